The second-order valence-electron chi connectivity index (χ2n) is 3.88. The van der Waals surface area contributed by atoms with Gasteiger partial charge in [-0.2, -0.15) is 8.42 Å². The molecule has 9 heteroatoms. The fraction of sp³-hybridized carbons (Fsp3) is 0.400. The summed E-state index contributed by atoms with van der Waals surface area (Å²) in [4.78, 5) is 15.8. The zero-order valence-electron chi connectivity index (χ0n) is 9.88. The van der Waals surface area contributed by atoms with E-state index in [-0.39, 0.29) is 6.54 Å². The topological polar surface area (TPSA) is 128 Å². The molecule has 0 saturated carbocycles. The van der Waals surface area contributed by atoms with Crippen LogP contribution in [0.3, 0.4) is 0 Å². The number of carbonyl (C=O) groups is 1. The van der Waals surface area contributed by atoms with Gasteiger partial charge in [0.2, 0.25) is 0 Å². The van der Waals surface area contributed by atoms with Crippen molar-refractivity contribution in [1.82, 2.24) is 4.98 Å². The van der Waals surface area contributed by atoms with Gasteiger partial charge in [-0.15, -0.1) is 0 Å². The number of carboxylic acids is 1. The molecule has 0 aromatic carbocycles. The highest BCUT2D eigenvalue weighted by Crippen LogP contribution is 2.12. The lowest BCUT2D eigenvalue weighted by Gasteiger charge is -2.24. The number of nitrogens with zero attached hydrogens (tertiary/aromatic N) is 2. The number of pyridine rings is 1. The van der Waals surface area contributed by atoms with Crippen molar-refractivity contribution in [3.8, 4) is 0 Å². The van der Waals surface area contributed by atoms with Gasteiger partial charge in [0.1, 0.15) is 12.3 Å². The summed E-state index contributed by atoms with van der Waals surface area (Å²) in [5, 5.41) is 18.3. The Kier molecular flexibility index (Phi) is 5.21. The molecule has 1 atom stereocenters. The van der Waals surface area contributed by atoms with Gasteiger partial charge in [-0.1, -0.05) is 0 Å². The van der Waals surface area contributed by atoms with Crippen molar-refractivity contribution < 1.29 is 28.0 Å². The molecule has 1 heterocycles. The molecule has 1 aromatic heterocycles. The van der Waals surface area contributed by atoms with Gasteiger partial charge in [0.05, 0.1) is 6.10 Å². The predicted octanol–water partition coefficient (Wildman–Crippen LogP) is -0.779. The van der Waals surface area contributed by atoms with Gasteiger partial charge >= 0.3 is 5.97 Å². The van der Waals surface area contributed by atoms with Crippen molar-refractivity contribution in [3.05, 3.63) is 24.5 Å². The Bertz CT molecular complexity index is 518. The van der Waals surface area contributed by atoms with E-state index in [4.69, 9.17) is 9.66 Å². The first-order valence-electron chi connectivity index (χ1n) is 5.28. The molecular formula is C10H14N2O6S. The number of anilines is 1. The molecule has 1 aromatic rings. The highest BCUT2D eigenvalue weighted by Gasteiger charge is 2.19. The Morgan fingerprint density at radius 1 is 1.37 bits per heavy atom. The summed E-state index contributed by atoms with van der Waals surface area (Å²) in [6.07, 6.45) is 1.49. The minimum Gasteiger partial charge on any atom is -0.480 e. The Hall–Kier alpha value is -1.71. The molecule has 0 saturated heterocycles. The highest BCUT2D eigenvalue weighted by molar-refractivity contribution is 7.85. The molecule has 106 valence electrons. The smallest absolute Gasteiger partial charge is 0.323 e. The number of rotatable bonds is 7. The zero-order valence-corrected chi connectivity index (χ0v) is 10.7. The largest absolute Gasteiger partial charge is 0.480 e. The molecule has 0 amide bonds. The third-order valence-corrected chi connectivity index (χ3v) is 2.99. The van der Waals surface area contributed by atoms with Crippen LogP contribution in [0, 0.1) is 0 Å². The van der Waals surface area contributed by atoms with Gasteiger partial charge in [0.15, 0.2) is 0 Å². The summed E-state index contributed by atoms with van der Waals surface area (Å²) in [5.41, 5.74) is 0.479. The van der Waals surface area contributed by atoms with Gasteiger partial charge in [-0.05, 0) is 12.1 Å². The summed E-state index contributed by atoms with van der Waals surface area (Å²) >= 11 is 0. The van der Waals surface area contributed by atoms with Crippen molar-refractivity contribution in [3.63, 3.8) is 0 Å². The summed E-state index contributed by atoms with van der Waals surface area (Å²) in [6.45, 7) is -0.650. The van der Waals surface area contributed by atoms with Crippen LogP contribution in [-0.2, 0) is 14.9 Å². The standard InChI is InChI=1S/C10H14N2O6S/c13-9(7-19(16,17)18)5-12(6-10(14)15)8-1-3-11-4-2-8/h1-4,9,13H,5-7H2,(H,14,15)(H,16,17,18). The fourth-order valence-electron chi connectivity index (χ4n) is 1.53. The van der Waals surface area contributed by atoms with E-state index in [1.165, 1.54) is 29.4 Å². The SMILES string of the molecule is O=C(O)CN(CC(O)CS(=O)(=O)O)c1ccncc1. The molecular weight excluding hydrogens is 276 g/mol. The zero-order chi connectivity index (χ0) is 14.5. The van der Waals surface area contributed by atoms with Crippen molar-refractivity contribution in [2.75, 3.05) is 23.7 Å². The first kappa shape index (κ1) is 15.3. The predicted molar refractivity (Wildman–Crippen MR) is 66.5 cm³/mol. The molecule has 1 rings (SSSR count). The van der Waals surface area contributed by atoms with E-state index in [2.05, 4.69) is 4.98 Å². The number of carboxylic acid groups (broad SMARTS) is 1. The molecule has 8 nitrogen and oxygen atoms in total. The minimum absolute atomic E-state index is 0.240. The normalized spacial score (nSPS) is 12.9. The van der Waals surface area contributed by atoms with Crippen molar-refractivity contribution in [1.29, 1.82) is 0 Å². The number of aliphatic hydroxyl groups is 1. The lowest BCUT2D eigenvalue weighted by Crippen LogP contribution is -2.39. The Morgan fingerprint density at radius 3 is 2.42 bits per heavy atom. The molecule has 0 spiro atoms. The molecule has 0 aliphatic heterocycles. The molecule has 19 heavy (non-hydrogen) atoms. The molecule has 0 radical (unpaired) electrons. The van der Waals surface area contributed by atoms with Crippen LogP contribution in [0.4, 0.5) is 5.69 Å². The second-order valence-corrected chi connectivity index (χ2v) is 5.38. The maximum atomic E-state index is 10.7. The van der Waals surface area contributed by atoms with Crippen LogP contribution < -0.4 is 4.90 Å². The van der Waals surface area contributed by atoms with Crippen LogP contribution in [-0.4, -0.2) is 59.1 Å². The van der Waals surface area contributed by atoms with Crippen LogP contribution in [0.5, 0.6) is 0 Å². The van der Waals surface area contributed by atoms with Gasteiger partial charge < -0.3 is 15.1 Å². The van der Waals surface area contributed by atoms with Gasteiger partial charge in [0, 0.05) is 24.6 Å². The fourth-order valence-corrected chi connectivity index (χ4v) is 2.12. The summed E-state index contributed by atoms with van der Waals surface area (Å²) < 4.78 is 29.9. The monoisotopic (exact) mass is 290 g/mol. The van der Waals surface area contributed by atoms with E-state index in [0.29, 0.717) is 5.69 Å². The van der Waals surface area contributed by atoms with Gasteiger partial charge in [-0.3, -0.25) is 14.3 Å². The van der Waals surface area contributed by atoms with E-state index >= 15 is 0 Å². The Labute approximate surface area is 110 Å². The third kappa shape index (κ3) is 6.13. The van der Waals surface area contributed by atoms with Crippen molar-refractivity contribution in [2.45, 2.75) is 6.10 Å². The van der Waals surface area contributed by atoms with E-state index in [9.17, 15) is 18.3 Å². The average Bonchev–Trinajstić information content (AvgIpc) is 2.26. The number of hydrogen-bond acceptors (Lipinski definition) is 6. The Morgan fingerprint density at radius 2 is 1.95 bits per heavy atom. The third-order valence-electron chi connectivity index (χ3n) is 2.19. The van der Waals surface area contributed by atoms with Crippen LogP contribution >= 0.6 is 0 Å². The molecule has 0 aliphatic carbocycles. The van der Waals surface area contributed by atoms with Crippen molar-refractivity contribution in [2.24, 2.45) is 0 Å². The number of aliphatic carboxylic acids is 1. The first-order chi connectivity index (χ1) is 8.78. The second kappa shape index (κ2) is 6.45. The number of hydrogen-bond donors (Lipinski definition) is 3. The van der Waals surface area contributed by atoms with Gasteiger partial charge in [-0.25, -0.2) is 0 Å². The summed E-state index contributed by atoms with van der Waals surface area (Å²) in [5.74, 6) is -1.98. The van der Waals surface area contributed by atoms with Crippen LogP contribution in [0.1, 0.15) is 0 Å². The molecule has 3 N–H and O–H groups in total. The lowest BCUT2D eigenvalue weighted by atomic mass is 10.3. The maximum Gasteiger partial charge on any atom is 0.323 e. The highest BCUT2D eigenvalue weighted by atomic mass is 32.2. The van der Waals surface area contributed by atoms with Crippen LogP contribution in [0.2, 0.25) is 0 Å². The lowest BCUT2D eigenvalue weighted by molar-refractivity contribution is -0.135. The van der Waals surface area contributed by atoms with E-state index in [1.54, 1.807) is 0 Å². The van der Waals surface area contributed by atoms with E-state index < -0.39 is 34.5 Å². The number of aliphatic hydroxyl groups excluding tert-OH is 1. The van der Waals surface area contributed by atoms with E-state index in [1.807, 2.05) is 0 Å². The minimum atomic E-state index is -4.32. The maximum absolute atomic E-state index is 10.7. The number of aromatic nitrogens is 1. The Balaban J connectivity index is 2.78. The molecule has 0 aliphatic rings. The molecule has 0 fully saturated rings. The van der Waals surface area contributed by atoms with Crippen molar-refractivity contribution >= 4 is 21.8 Å². The summed E-state index contributed by atoms with van der Waals surface area (Å²) in [7, 11) is -4.32. The van der Waals surface area contributed by atoms with Crippen LogP contribution in [0.25, 0.3) is 0 Å². The van der Waals surface area contributed by atoms with Gasteiger partial charge in [0.25, 0.3) is 10.1 Å². The average molecular weight is 290 g/mol. The first-order valence-corrected chi connectivity index (χ1v) is 6.89. The molecule has 1 unspecified atom stereocenters. The summed E-state index contributed by atoms with van der Waals surface area (Å²) in [6, 6.07) is 3.06. The molecule has 0 bridgehead atoms. The quantitative estimate of drug-likeness (QED) is 0.558. The van der Waals surface area contributed by atoms with Crippen LogP contribution in [0.15, 0.2) is 24.5 Å². The van der Waals surface area contributed by atoms with E-state index in [0.717, 1.165) is 0 Å².